The van der Waals surface area contributed by atoms with E-state index in [2.05, 4.69) is 17.6 Å². The van der Waals surface area contributed by atoms with Crippen molar-refractivity contribution < 1.29 is 9.53 Å². The van der Waals surface area contributed by atoms with Crippen LogP contribution in [-0.4, -0.2) is 38.3 Å². The van der Waals surface area contributed by atoms with Crippen LogP contribution in [0.25, 0.3) is 0 Å². The molecule has 1 saturated heterocycles. The van der Waals surface area contributed by atoms with Crippen LogP contribution in [-0.2, 0) is 9.53 Å². The van der Waals surface area contributed by atoms with E-state index in [-0.39, 0.29) is 5.91 Å². The molecule has 1 fully saturated rings. The van der Waals surface area contributed by atoms with Gasteiger partial charge in [-0.25, -0.2) is 0 Å². The van der Waals surface area contributed by atoms with Gasteiger partial charge in [0.25, 0.3) is 0 Å². The lowest BCUT2D eigenvalue weighted by Crippen LogP contribution is -2.35. The zero-order valence-corrected chi connectivity index (χ0v) is 8.30. The third kappa shape index (κ3) is 3.74. The SMILES string of the molecule is CNC(=O)CNCC1CCC(C)O1. The second-order valence-corrected chi connectivity index (χ2v) is 3.45. The Morgan fingerprint density at radius 2 is 2.31 bits per heavy atom. The Morgan fingerprint density at radius 1 is 1.54 bits per heavy atom. The van der Waals surface area contributed by atoms with Crippen LogP contribution in [0.1, 0.15) is 19.8 Å². The molecule has 76 valence electrons. The second kappa shape index (κ2) is 5.19. The Morgan fingerprint density at radius 3 is 2.85 bits per heavy atom. The molecule has 0 bridgehead atoms. The standard InChI is InChI=1S/C9H18N2O2/c1-7-3-4-8(13-7)5-11-6-9(12)10-2/h7-8,11H,3-6H2,1-2H3,(H,10,12). The van der Waals surface area contributed by atoms with E-state index in [9.17, 15) is 4.79 Å². The molecule has 13 heavy (non-hydrogen) atoms. The number of nitrogens with one attached hydrogen (secondary N) is 2. The molecule has 2 atom stereocenters. The van der Waals surface area contributed by atoms with Crippen LogP contribution in [0, 0.1) is 0 Å². The summed E-state index contributed by atoms with van der Waals surface area (Å²) in [5.41, 5.74) is 0. The first-order valence-corrected chi connectivity index (χ1v) is 4.79. The van der Waals surface area contributed by atoms with Gasteiger partial charge in [-0.2, -0.15) is 0 Å². The molecule has 0 aliphatic carbocycles. The van der Waals surface area contributed by atoms with Gasteiger partial charge < -0.3 is 15.4 Å². The monoisotopic (exact) mass is 186 g/mol. The lowest BCUT2D eigenvalue weighted by molar-refractivity contribution is -0.119. The predicted octanol–water partition coefficient (Wildman–Crippen LogP) is -0.111. The highest BCUT2D eigenvalue weighted by Gasteiger charge is 2.20. The summed E-state index contributed by atoms with van der Waals surface area (Å²) < 4.78 is 5.58. The van der Waals surface area contributed by atoms with Crippen molar-refractivity contribution in [1.29, 1.82) is 0 Å². The smallest absolute Gasteiger partial charge is 0.233 e. The average Bonchev–Trinajstić information content (AvgIpc) is 2.51. The van der Waals surface area contributed by atoms with Gasteiger partial charge in [0.05, 0.1) is 18.8 Å². The number of carbonyl (C=O) groups is 1. The fourth-order valence-electron chi connectivity index (χ4n) is 1.47. The normalized spacial score (nSPS) is 27.5. The van der Waals surface area contributed by atoms with Crippen molar-refractivity contribution >= 4 is 5.91 Å². The Kier molecular flexibility index (Phi) is 4.18. The Balaban J connectivity index is 2.03. The Hall–Kier alpha value is -0.610. The maximum absolute atomic E-state index is 10.8. The molecule has 1 amide bonds. The van der Waals surface area contributed by atoms with Crippen molar-refractivity contribution in [1.82, 2.24) is 10.6 Å². The van der Waals surface area contributed by atoms with Gasteiger partial charge in [0.1, 0.15) is 0 Å². The molecule has 1 aliphatic rings. The summed E-state index contributed by atoms with van der Waals surface area (Å²) in [7, 11) is 1.64. The summed E-state index contributed by atoms with van der Waals surface area (Å²) in [6.07, 6.45) is 2.90. The maximum Gasteiger partial charge on any atom is 0.233 e. The molecule has 0 aromatic heterocycles. The number of hydrogen-bond acceptors (Lipinski definition) is 3. The minimum atomic E-state index is 0.0195. The second-order valence-electron chi connectivity index (χ2n) is 3.45. The van der Waals surface area contributed by atoms with Gasteiger partial charge in [-0.1, -0.05) is 0 Å². The third-order valence-corrected chi connectivity index (χ3v) is 2.26. The number of amides is 1. The van der Waals surface area contributed by atoms with E-state index in [1.165, 1.54) is 0 Å². The molecule has 2 N–H and O–H groups in total. The van der Waals surface area contributed by atoms with Crippen LogP contribution >= 0.6 is 0 Å². The van der Waals surface area contributed by atoms with Crippen molar-refractivity contribution in [2.75, 3.05) is 20.1 Å². The lowest BCUT2D eigenvalue weighted by Gasteiger charge is -2.11. The molecule has 4 nitrogen and oxygen atoms in total. The van der Waals surface area contributed by atoms with Gasteiger partial charge in [-0.05, 0) is 19.8 Å². The molecular weight excluding hydrogens is 168 g/mol. The molecule has 0 spiro atoms. The Labute approximate surface area is 79.0 Å². The van der Waals surface area contributed by atoms with Crippen molar-refractivity contribution in [3.05, 3.63) is 0 Å². The van der Waals surface area contributed by atoms with Gasteiger partial charge in [-0.3, -0.25) is 4.79 Å². The number of carbonyl (C=O) groups excluding carboxylic acids is 1. The fourth-order valence-corrected chi connectivity index (χ4v) is 1.47. The largest absolute Gasteiger partial charge is 0.374 e. The molecule has 0 radical (unpaired) electrons. The van der Waals surface area contributed by atoms with Gasteiger partial charge in [0.15, 0.2) is 0 Å². The van der Waals surface area contributed by atoms with Crippen molar-refractivity contribution in [3.63, 3.8) is 0 Å². The van der Waals surface area contributed by atoms with Gasteiger partial charge in [0, 0.05) is 13.6 Å². The average molecular weight is 186 g/mol. The number of likely N-dealkylation sites (N-methyl/N-ethyl adjacent to an activating group) is 1. The van der Waals surface area contributed by atoms with Gasteiger partial charge in [-0.15, -0.1) is 0 Å². The summed E-state index contributed by atoms with van der Waals surface area (Å²) >= 11 is 0. The number of hydrogen-bond donors (Lipinski definition) is 2. The molecule has 0 aromatic carbocycles. The van der Waals surface area contributed by atoms with E-state index in [1.807, 2.05) is 0 Å². The number of rotatable bonds is 4. The highest BCUT2D eigenvalue weighted by Crippen LogP contribution is 2.17. The van der Waals surface area contributed by atoms with E-state index in [4.69, 9.17) is 4.74 Å². The van der Waals surface area contributed by atoms with Crippen LogP contribution in [0.3, 0.4) is 0 Å². The molecule has 2 unspecified atom stereocenters. The summed E-state index contributed by atoms with van der Waals surface area (Å²) in [6.45, 7) is 3.24. The molecule has 1 rings (SSSR count). The zero-order valence-electron chi connectivity index (χ0n) is 8.30. The summed E-state index contributed by atoms with van der Waals surface area (Å²) in [5.74, 6) is 0.0195. The van der Waals surface area contributed by atoms with Crippen LogP contribution in [0.4, 0.5) is 0 Å². The van der Waals surface area contributed by atoms with E-state index in [0.29, 0.717) is 18.8 Å². The first-order valence-electron chi connectivity index (χ1n) is 4.79. The zero-order chi connectivity index (χ0) is 9.68. The van der Waals surface area contributed by atoms with E-state index < -0.39 is 0 Å². The highest BCUT2D eigenvalue weighted by molar-refractivity contribution is 5.77. The minimum absolute atomic E-state index is 0.0195. The predicted molar refractivity (Wildman–Crippen MR) is 50.5 cm³/mol. The lowest BCUT2D eigenvalue weighted by atomic mass is 10.2. The quantitative estimate of drug-likeness (QED) is 0.644. The minimum Gasteiger partial charge on any atom is -0.374 e. The first-order chi connectivity index (χ1) is 6.22. The third-order valence-electron chi connectivity index (χ3n) is 2.26. The number of ether oxygens (including phenoxy) is 1. The first kappa shape index (κ1) is 10.5. The van der Waals surface area contributed by atoms with E-state index in [1.54, 1.807) is 7.05 Å². The van der Waals surface area contributed by atoms with E-state index >= 15 is 0 Å². The molecule has 0 aromatic rings. The van der Waals surface area contributed by atoms with Gasteiger partial charge in [0.2, 0.25) is 5.91 Å². The maximum atomic E-state index is 10.8. The van der Waals surface area contributed by atoms with Crippen LogP contribution in [0.2, 0.25) is 0 Å². The topological polar surface area (TPSA) is 50.4 Å². The fraction of sp³-hybridized carbons (Fsp3) is 0.889. The highest BCUT2D eigenvalue weighted by atomic mass is 16.5. The summed E-state index contributed by atoms with van der Waals surface area (Å²) in [4.78, 5) is 10.8. The van der Waals surface area contributed by atoms with Crippen LogP contribution in [0.5, 0.6) is 0 Å². The molecule has 0 saturated carbocycles. The van der Waals surface area contributed by atoms with Crippen molar-refractivity contribution in [3.8, 4) is 0 Å². The van der Waals surface area contributed by atoms with Crippen LogP contribution in [0.15, 0.2) is 0 Å². The molecule has 1 aliphatic heterocycles. The van der Waals surface area contributed by atoms with Gasteiger partial charge >= 0.3 is 0 Å². The van der Waals surface area contributed by atoms with Crippen LogP contribution < -0.4 is 10.6 Å². The van der Waals surface area contributed by atoms with E-state index in [0.717, 1.165) is 19.4 Å². The molecule has 4 heteroatoms. The van der Waals surface area contributed by atoms with Crippen molar-refractivity contribution in [2.45, 2.75) is 32.0 Å². The molecule has 1 heterocycles. The summed E-state index contributed by atoms with van der Waals surface area (Å²) in [5, 5.41) is 5.62. The summed E-state index contributed by atoms with van der Waals surface area (Å²) in [6, 6.07) is 0. The van der Waals surface area contributed by atoms with Crippen molar-refractivity contribution in [2.24, 2.45) is 0 Å². The Bertz CT molecular complexity index is 173. The molecular formula is C9H18N2O2.